The number of hydrogen-bond donors (Lipinski definition) is 2. The van der Waals surface area contributed by atoms with Gasteiger partial charge >= 0.3 is 12.1 Å². The number of rotatable bonds is 4. The number of imide groups is 1. The van der Waals surface area contributed by atoms with Crippen molar-refractivity contribution in [2.45, 2.75) is 58.2 Å². The zero-order valence-electron chi connectivity index (χ0n) is 14.4. The van der Waals surface area contributed by atoms with Crippen LogP contribution in [-0.2, 0) is 19.1 Å². The fraction of sp³-hybridized carbons (Fsp3) is 0.625. The van der Waals surface area contributed by atoms with Crippen LogP contribution < -0.4 is 5.32 Å². The second kappa shape index (κ2) is 7.46. The van der Waals surface area contributed by atoms with Crippen molar-refractivity contribution in [1.29, 1.82) is 0 Å². The summed E-state index contributed by atoms with van der Waals surface area (Å²) in [6.07, 6.45) is 0.640. The zero-order valence-corrected chi connectivity index (χ0v) is 14.4. The standard InChI is InChI=1S/C16H24N2O6/c1-6-10-7-12(14(21)22)18(15(23)24-16(3,4)5)11(10)8-13(20)17-9(2)19/h6,10-12H,1,7-8H2,2-5H3,(H,21,22)(H,17,19,20). The van der Waals surface area contributed by atoms with E-state index in [9.17, 15) is 24.3 Å². The van der Waals surface area contributed by atoms with Crippen molar-refractivity contribution in [3.63, 3.8) is 0 Å². The van der Waals surface area contributed by atoms with Crippen molar-refractivity contribution in [2.24, 2.45) is 5.92 Å². The van der Waals surface area contributed by atoms with E-state index in [-0.39, 0.29) is 12.8 Å². The van der Waals surface area contributed by atoms with Gasteiger partial charge in [0.1, 0.15) is 11.6 Å². The molecule has 0 aromatic heterocycles. The Labute approximate surface area is 140 Å². The molecule has 0 saturated carbocycles. The van der Waals surface area contributed by atoms with Crippen LogP contribution in [0.2, 0.25) is 0 Å². The second-order valence-electron chi connectivity index (χ2n) is 6.75. The lowest BCUT2D eigenvalue weighted by Gasteiger charge is -2.31. The van der Waals surface area contributed by atoms with Gasteiger partial charge in [0.25, 0.3) is 0 Å². The third-order valence-electron chi connectivity index (χ3n) is 3.58. The summed E-state index contributed by atoms with van der Waals surface area (Å²) in [5.74, 6) is -2.68. The molecule has 1 saturated heterocycles. The first kappa shape index (κ1) is 19.7. The first-order chi connectivity index (χ1) is 11.0. The highest BCUT2D eigenvalue weighted by atomic mass is 16.6. The van der Waals surface area contributed by atoms with E-state index in [2.05, 4.69) is 11.9 Å². The molecule has 3 unspecified atom stereocenters. The Morgan fingerprint density at radius 1 is 1.33 bits per heavy atom. The van der Waals surface area contributed by atoms with E-state index in [1.54, 1.807) is 20.8 Å². The number of ether oxygens (including phenoxy) is 1. The number of aliphatic carboxylic acids is 1. The molecule has 1 aliphatic heterocycles. The molecule has 24 heavy (non-hydrogen) atoms. The van der Waals surface area contributed by atoms with Gasteiger partial charge in [-0.2, -0.15) is 0 Å². The zero-order chi connectivity index (χ0) is 18.7. The lowest BCUT2D eigenvalue weighted by atomic mass is 9.96. The molecule has 0 radical (unpaired) electrons. The van der Waals surface area contributed by atoms with Crippen LogP contribution in [0.1, 0.15) is 40.5 Å². The third kappa shape index (κ3) is 5.07. The monoisotopic (exact) mass is 340 g/mol. The van der Waals surface area contributed by atoms with Crippen LogP contribution in [0.3, 0.4) is 0 Å². The number of nitrogens with one attached hydrogen (secondary N) is 1. The van der Waals surface area contributed by atoms with Crippen LogP contribution >= 0.6 is 0 Å². The van der Waals surface area contributed by atoms with Crippen molar-refractivity contribution >= 4 is 23.9 Å². The highest BCUT2D eigenvalue weighted by Crippen LogP contribution is 2.34. The van der Waals surface area contributed by atoms with Gasteiger partial charge in [0, 0.05) is 19.3 Å². The lowest BCUT2D eigenvalue weighted by molar-refractivity contribution is -0.143. The summed E-state index contributed by atoms with van der Waals surface area (Å²) in [5.41, 5.74) is -0.807. The van der Waals surface area contributed by atoms with Crippen molar-refractivity contribution in [2.75, 3.05) is 0 Å². The molecule has 0 spiro atoms. The van der Waals surface area contributed by atoms with Gasteiger partial charge in [0.2, 0.25) is 11.8 Å². The molecule has 1 fully saturated rings. The summed E-state index contributed by atoms with van der Waals surface area (Å²) in [5, 5.41) is 11.5. The second-order valence-corrected chi connectivity index (χ2v) is 6.75. The molecule has 8 heteroatoms. The smallest absolute Gasteiger partial charge is 0.411 e. The first-order valence-electron chi connectivity index (χ1n) is 7.63. The Morgan fingerprint density at radius 2 is 1.92 bits per heavy atom. The number of carboxylic acid groups (broad SMARTS) is 1. The van der Waals surface area contributed by atoms with Gasteiger partial charge < -0.3 is 9.84 Å². The Morgan fingerprint density at radius 3 is 2.33 bits per heavy atom. The largest absolute Gasteiger partial charge is 0.480 e. The van der Waals surface area contributed by atoms with Gasteiger partial charge in [-0.15, -0.1) is 6.58 Å². The highest BCUT2D eigenvalue weighted by Gasteiger charge is 2.48. The van der Waals surface area contributed by atoms with Gasteiger partial charge in [-0.1, -0.05) is 6.08 Å². The van der Waals surface area contributed by atoms with Crippen LogP contribution in [0.4, 0.5) is 4.79 Å². The molecule has 3 amide bonds. The van der Waals surface area contributed by atoms with Crippen LogP contribution in [0, 0.1) is 5.92 Å². The molecule has 0 aliphatic carbocycles. The van der Waals surface area contributed by atoms with Crippen molar-refractivity contribution in [3.8, 4) is 0 Å². The van der Waals surface area contributed by atoms with Gasteiger partial charge in [0.15, 0.2) is 0 Å². The summed E-state index contributed by atoms with van der Waals surface area (Å²) in [6.45, 7) is 9.85. The molecule has 0 aromatic rings. The van der Waals surface area contributed by atoms with E-state index >= 15 is 0 Å². The van der Waals surface area contributed by atoms with Crippen molar-refractivity contribution in [3.05, 3.63) is 12.7 Å². The van der Waals surface area contributed by atoms with Gasteiger partial charge in [-0.25, -0.2) is 9.59 Å². The molecule has 0 bridgehead atoms. The van der Waals surface area contributed by atoms with E-state index in [1.165, 1.54) is 13.0 Å². The fourth-order valence-corrected chi connectivity index (χ4v) is 2.70. The molecule has 1 rings (SSSR count). The Hall–Kier alpha value is -2.38. The highest BCUT2D eigenvalue weighted by molar-refractivity contribution is 5.94. The molecule has 0 aromatic carbocycles. The lowest BCUT2D eigenvalue weighted by Crippen LogP contribution is -2.49. The predicted molar refractivity (Wildman–Crippen MR) is 85.0 cm³/mol. The number of likely N-dealkylation sites (tertiary alicyclic amines) is 1. The number of hydrogen-bond acceptors (Lipinski definition) is 5. The molecule has 1 aliphatic rings. The Balaban J connectivity index is 3.09. The van der Waals surface area contributed by atoms with E-state index in [4.69, 9.17) is 4.74 Å². The van der Waals surface area contributed by atoms with E-state index in [0.717, 1.165) is 4.90 Å². The first-order valence-corrected chi connectivity index (χ1v) is 7.63. The topological polar surface area (TPSA) is 113 Å². The SMILES string of the molecule is C=CC1CC(C(=O)O)N(C(=O)OC(C)(C)C)C1CC(=O)NC(C)=O. The maximum Gasteiger partial charge on any atom is 0.411 e. The van der Waals surface area contributed by atoms with Crippen molar-refractivity contribution < 1.29 is 29.0 Å². The summed E-state index contributed by atoms with van der Waals surface area (Å²) in [6, 6.07) is -1.85. The fourth-order valence-electron chi connectivity index (χ4n) is 2.70. The summed E-state index contributed by atoms with van der Waals surface area (Å²) in [4.78, 5) is 48.0. The summed E-state index contributed by atoms with van der Waals surface area (Å²) in [7, 11) is 0. The third-order valence-corrected chi connectivity index (χ3v) is 3.58. The van der Waals surface area contributed by atoms with Crippen LogP contribution in [0.15, 0.2) is 12.7 Å². The number of carbonyl (C=O) groups is 4. The summed E-state index contributed by atoms with van der Waals surface area (Å²) >= 11 is 0. The van der Waals surface area contributed by atoms with Gasteiger partial charge in [-0.3, -0.25) is 19.8 Å². The van der Waals surface area contributed by atoms with E-state index < -0.39 is 47.5 Å². The number of carbonyl (C=O) groups excluding carboxylic acids is 3. The normalized spacial score (nSPS) is 23.5. The van der Waals surface area contributed by atoms with Gasteiger partial charge in [0.05, 0.1) is 6.04 Å². The summed E-state index contributed by atoms with van der Waals surface area (Å²) < 4.78 is 5.28. The molecular weight excluding hydrogens is 316 g/mol. The molecular formula is C16H24N2O6. The van der Waals surface area contributed by atoms with E-state index in [1.807, 2.05) is 0 Å². The average Bonchev–Trinajstić information content (AvgIpc) is 2.74. The number of amides is 3. The Kier molecular flexibility index (Phi) is 6.11. The molecule has 134 valence electrons. The molecule has 8 nitrogen and oxygen atoms in total. The average molecular weight is 340 g/mol. The number of carboxylic acids is 1. The minimum absolute atomic E-state index is 0.135. The van der Waals surface area contributed by atoms with Crippen LogP contribution in [0.25, 0.3) is 0 Å². The molecule has 2 N–H and O–H groups in total. The number of nitrogens with zero attached hydrogens (tertiary/aromatic N) is 1. The quantitative estimate of drug-likeness (QED) is 0.746. The van der Waals surface area contributed by atoms with Gasteiger partial charge in [-0.05, 0) is 27.2 Å². The Bertz CT molecular complexity index is 551. The maximum atomic E-state index is 12.5. The maximum absolute atomic E-state index is 12.5. The van der Waals surface area contributed by atoms with Crippen LogP contribution in [0.5, 0.6) is 0 Å². The van der Waals surface area contributed by atoms with Crippen molar-refractivity contribution in [1.82, 2.24) is 10.2 Å². The minimum Gasteiger partial charge on any atom is -0.480 e. The molecule has 1 heterocycles. The minimum atomic E-state index is -1.18. The van der Waals surface area contributed by atoms with E-state index in [0.29, 0.717) is 0 Å². The van der Waals surface area contributed by atoms with Crippen LogP contribution in [-0.4, -0.2) is 51.6 Å². The molecule has 3 atom stereocenters. The predicted octanol–water partition coefficient (Wildman–Crippen LogP) is 1.30.